The number of amides is 1. The van der Waals surface area contributed by atoms with E-state index in [1.807, 2.05) is 13.8 Å². The van der Waals surface area contributed by atoms with Gasteiger partial charge in [-0.25, -0.2) is 0 Å². The van der Waals surface area contributed by atoms with Gasteiger partial charge in [0.15, 0.2) is 0 Å². The van der Waals surface area contributed by atoms with Gasteiger partial charge in [0.05, 0.1) is 5.92 Å². The molecule has 0 saturated carbocycles. The molecule has 3 nitrogen and oxygen atoms in total. The van der Waals surface area contributed by atoms with Gasteiger partial charge in [0.2, 0.25) is 5.91 Å². The molecule has 3 N–H and O–H groups in total. The van der Waals surface area contributed by atoms with Gasteiger partial charge in [0, 0.05) is 13.1 Å². The number of aryl methyl sites for hydroxylation is 1. The van der Waals surface area contributed by atoms with Crippen molar-refractivity contribution in [2.75, 3.05) is 13.1 Å². The van der Waals surface area contributed by atoms with Gasteiger partial charge in [-0.2, -0.15) is 0 Å². The van der Waals surface area contributed by atoms with Gasteiger partial charge in [-0.05, 0) is 24.8 Å². The molecule has 1 aromatic carbocycles. The first-order valence-corrected chi connectivity index (χ1v) is 6.58. The minimum absolute atomic E-state index is 0.0691. The molecule has 0 radical (unpaired) electrons. The molecule has 1 aromatic rings. The summed E-state index contributed by atoms with van der Waals surface area (Å²) in [5, 5.41) is 2.96. The second-order valence-electron chi connectivity index (χ2n) is 5.11. The van der Waals surface area contributed by atoms with E-state index in [0.717, 1.165) is 6.42 Å². The molecule has 0 bridgehead atoms. The Hall–Kier alpha value is -1.35. The van der Waals surface area contributed by atoms with Gasteiger partial charge in [-0.15, -0.1) is 0 Å². The van der Waals surface area contributed by atoms with E-state index in [1.54, 1.807) is 0 Å². The summed E-state index contributed by atoms with van der Waals surface area (Å²) in [4.78, 5) is 11.9. The Kier molecular flexibility index (Phi) is 5.86. The number of hydrogen-bond donors (Lipinski definition) is 2. The number of nitrogens with one attached hydrogen (secondary N) is 1. The molecule has 0 aromatic heterocycles. The van der Waals surface area contributed by atoms with Gasteiger partial charge in [-0.3, -0.25) is 4.79 Å². The van der Waals surface area contributed by atoms with Crippen LogP contribution in [0.2, 0.25) is 0 Å². The third-order valence-corrected chi connectivity index (χ3v) is 3.23. The highest BCUT2D eigenvalue weighted by molar-refractivity contribution is 5.79. The van der Waals surface area contributed by atoms with Crippen molar-refractivity contribution in [3.8, 4) is 0 Å². The third-order valence-electron chi connectivity index (χ3n) is 3.23. The van der Waals surface area contributed by atoms with Crippen molar-refractivity contribution in [2.45, 2.75) is 27.2 Å². The van der Waals surface area contributed by atoms with Crippen molar-refractivity contribution in [1.29, 1.82) is 0 Å². The van der Waals surface area contributed by atoms with Crippen LogP contribution in [0.4, 0.5) is 0 Å². The summed E-state index contributed by atoms with van der Waals surface area (Å²) in [6.45, 7) is 7.20. The van der Waals surface area contributed by atoms with E-state index < -0.39 is 0 Å². The predicted molar refractivity (Wildman–Crippen MR) is 75.3 cm³/mol. The molecule has 0 saturated heterocycles. The number of rotatable bonds is 6. The van der Waals surface area contributed by atoms with Crippen molar-refractivity contribution < 1.29 is 4.79 Å². The van der Waals surface area contributed by atoms with Crippen LogP contribution in [0.5, 0.6) is 0 Å². The fourth-order valence-corrected chi connectivity index (χ4v) is 1.90. The molecule has 1 unspecified atom stereocenters. The molecule has 0 spiro atoms. The van der Waals surface area contributed by atoms with Crippen LogP contribution in [0, 0.1) is 18.8 Å². The van der Waals surface area contributed by atoms with Crippen LogP contribution in [0.15, 0.2) is 24.3 Å². The number of carbonyl (C=O) groups is 1. The summed E-state index contributed by atoms with van der Waals surface area (Å²) in [5.74, 6) is 0.275. The average Bonchev–Trinajstić information content (AvgIpc) is 2.32. The number of hydrogen-bond acceptors (Lipinski definition) is 2. The Morgan fingerprint density at radius 2 is 1.89 bits per heavy atom. The van der Waals surface area contributed by atoms with E-state index in [-0.39, 0.29) is 17.7 Å². The maximum Gasteiger partial charge on any atom is 0.224 e. The van der Waals surface area contributed by atoms with Crippen molar-refractivity contribution in [1.82, 2.24) is 5.32 Å². The zero-order valence-electron chi connectivity index (χ0n) is 11.6. The molecule has 1 rings (SSSR count). The summed E-state index contributed by atoms with van der Waals surface area (Å²) in [7, 11) is 0. The van der Waals surface area contributed by atoms with Crippen molar-refractivity contribution >= 4 is 5.91 Å². The molecular weight excluding hydrogens is 224 g/mol. The number of carbonyl (C=O) groups excluding carboxylic acids is 1. The highest BCUT2D eigenvalue weighted by Crippen LogP contribution is 2.09. The molecule has 3 heteroatoms. The van der Waals surface area contributed by atoms with Crippen LogP contribution in [0.3, 0.4) is 0 Å². The second kappa shape index (κ2) is 7.17. The van der Waals surface area contributed by atoms with Crippen LogP contribution < -0.4 is 11.1 Å². The smallest absolute Gasteiger partial charge is 0.224 e. The molecule has 0 aliphatic carbocycles. The van der Waals surface area contributed by atoms with Crippen LogP contribution in [-0.4, -0.2) is 19.0 Å². The van der Waals surface area contributed by atoms with E-state index in [4.69, 9.17) is 5.73 Å². The summed E-state index contributed by atoms with van der Waals surface area (Å²) < 4.78 is 0. The van der Waals surface area contributed by atoms with E-state index in [2.05, 4.69) is 36.5 Å². The molecule has 0 aliphatic rings. The fraction of sp³-hybridized carbons (Fsp3) is 0.533. The van der Waals surface area contributed by atoms with Gasteiger partial charge >= 0.3 is 0 Å². The molecule has 0 aliphatic heterocycles. The van der Waals surface area contributed by atoms with E-state index in [0.29, 0.717) is 13.1 Å². The Balaban J connectivity index is 2.37. The minimum atomic E-state index is -0.0805. The molecule has 18 heavy (non-hydrogen) atoms. The van der Waals surface area contributed by atoms with Gasteiger partial charge in [-0.1, -0.05) is 43.7 Å². The molecule has 1 atom stereocenters. The monoisotopic (exact) mass is 248 g/mol. The largest absolute Gasteiger partial charge is 0.355 e. The second-order valence-corrected chi connectivity index (χ2v) is 5.11. The Bertz CT molecular complexity index is 371. The summed E-state index contributed by atoms with van der Waals surface area (Å²) in [6, 6.07) is 8.39. The lowest BCUT2D eigenvalue weighted by atomic mass is 9.95. The highest BCUT2D eigenvalue weighted by atomic mass is 16.1. The lowest BCUT2D eigenvalue weighted by Crippen LogP contribution is -2.38. The van der Waals surface area contributed by atoms with E-state index in [9.17, 15) is 4.79 Å². The van der Waals surface area contributed by atoms with E-state index >= 15 is 0 Å². The predicted octanol–water partition coefficient (Wildman–Crippen LogP) is 1.88. The summed E-state index contributed by atoms with van der Waals surface area (Å²) in [5.41, 5.74) is 8.11. The first-order valence-electron chi connectivity index (χ1n) is 6.58. The molecule has 1 amide bonds. The lowest BCUT2D eigenvalue weighted by molar-refractivity contribution is -0.125. The normalized spacial score (nSPS) is 12.5. The van der Waals surface area contributed by atoms with Crippen LogP contribution in [0.25, 0.3) is 0 Å². The summed E-state index contributed by atoms with van der Waals surface area (Å²) in [6.07, 6.45) is 0.863. The first-order chi connectivity index (χ1) is 8.54. The highest BCUT2D eigenvalue weighted by Gasteiger charge is 2.19. The standard InChI is InChI=1S/C15H24N2O/c1-11(2)14(10-16)15(18)17-9-8-13-6-4-12(3)5-7-13/h4-7,11,14H,8-10,16H2,1-3H3,(H,17,18). The first kappa shape index (κ1) is 14.7. The Morgan fingerprint density at radius 1 is 1.28 bits per heavy atom. The van der Waals surface area contributed by atoms with Gasteiger partial charge in [0.25, 0.3) is 0 Å². The number of benzene rings is 1. The van der Waals surface area contributed by atoms with Gasteiger partial charge in [0.1, 0.15) is 0 Å². The number of nitrogens with two attached hydrogens (primary N) is 1. The maximum atomic E-state index is 11.9. The summed E-state index contributed by atoms with van der Waals surface area (Å²) >= 11 is 0. The third kappa shape index (κ3) is 4.49. The topological polar surface area (TPSA) is 55.1 Å². The maximum absolute atomic E-state index is 11.9. The van der Waals surface area contributed by atoms with Crippen LogP contribution in [-0.2, 0) is 11.2 Å². The minimum Gasteiger partial charge on any atom is -0.355 e. The molecule has 0 fully saturated rings. The zero-order chi connectivity index (χ0) is 13.5. The lowest BCUT2D eigenvalue weighted by Gasteiger charge is -2.18. The van der Waals surface area contributed by atoms with Crippen molar-refractivity contribution in [2.24, 2.45) is 17.6 Å². The van der Waals surface area contributed by atoms with Crippen LogP contribution >= 0.6 is 0 Å². The van der Waals surface area contributed by atoms with Crippen LogP contribution in [0.1, 0.15) is 25.0 Å². The van der Waals surface area contributed by atoms with Crippen molar-refractivity contribution in [3.05, 3.63) is 35.4 Å². The van der Waals surface area contributed by atoms with Crippen molar-refractivity contribution in [3.63, 3.8) is 0 Å². The fourth-order valence-electron chi connectivity index (χ4n) is 1.90. The molecule has 100 valence electrons. The van der Waals surface area contributed by atoms with Gasteiger partial charge < -0.3 is 11.1 Å². The average molecular weight is 248 g/mol. The molecule has 0 heterocycles. The Morgan fingerprint density at radius 3 is 2.39 bits per heavy atom. The molecular formula is C15H24N2O. The Labute approximate surface area is 110 Å². The SMILES string of the molecule is Cc1ccc(CCNC(=O)C(CN)C(C)C)cc1. The zero-order valence-corrected chi connectivity index (χ0v) is 11.6. The van der Waals surface area contributed by atoms with E-state index in [1.165, 1.54) is 11.1 Å². The quantitative estimate of drug-likeness (QED) is 0.807.